The summed E-state index contributed by atoms with van der Waals surface area (Å²) in [4.78, 5) is 22.5. The van der Waals surface area contributed by atoms with E-state index in [-0.39, 0.29) is 6.61 Å². The minimum absolute atomic E-state index is 0.284. The molecule has 1 aromatic carbocycles. The molecule has 1 aromatic rings. The molecule has 2 rings (SSSR count). The summed E-state index contributed by atoms with van der Waals surface area (Å²) in [6, 6.07) is 9.34. The van der Waals surface area contributed by atoms with Crippen molar-refractivity contribution < 1.29 is 19.1 Å². The van der Waals surface area contributed by atoms with Gasteiger partial charge in [0.15, 0.2) is 0 Å². The van der Waals surface area contributed by atoms with Gasteiger partial charge >= 0.3 is 11.9 Å². The maximum Gasteiger partial charge on any atom is 0.362 e. The summed E-state index contributed by atoms with van der Waals surface area (Å²) in [6.45, 7) is 1.57. The van der Waals surface area contributed by atoms with E-state index < -0.39 is 16.9 Å². The molecular weight excluding hydrogens is 240 g/mol. The first-order valence-electron chi connectivity index (χ1n) is 5.23. The number of hydrogen-bond acceptors (Lipinski definition) is 5. The average Bonchev–Trinajstić information content (AvgIpc) is 2.61. The van der Waals surface area contributed by atoms with Gasteiger partial charge in [0, 0.05) is 18.2 Å². The number of ether oxygens (including phenoxy) is 2. The van der Waals surface area contributed by atoms with Crippen molar-refractivity contribution in [3.8, 4) is 0 Å². The highest BCUT2D eigenvalue weighted by molar-refractivity contribution is 8.01. The average molecular weight is 252 g/mol. The molecule has 1 saturated heterocycles. The Bertz CT molecular complexity index is 431. The number of benzene rings is 1. The van der Waals surface area contributed by atoms with Crippen molar-refractivity contribution in [3.05, 3.63) is 30.3 Å². The number of esters is 2. The monoisotopic (exact) mass is 252 g/mol. The van der Waals surface area contributed by atoms with Crippen LogP contribution in [0.25, 0.3) is 0 Å². The Hall–Kier alpha value is -1.49. The first kappa shape index (κ1) is 12.0. The van der Waals surface area contributed by atoms with E-state index in [1.54, 1.807) is 0 Å². The molecule has 0 radical (unpaired) electrons. The van der Waals surface area contributed by atoms with Gasteiger partial charge in [0.1, 0.15) is 0 Å². The Labute approximate surface area is 103 Å². The molecule has 0 spiro atoms. The van der Waals surface area contributed by atoms with E-state index in [9.17, 15) is 9.59 Å². The van der Waals surface area contributed by atoms with E-state index in [1.165, 1.54) is 18.7 Å². The third kappa shape index (κ3) is 2.61. The van der Waals surface area contributed by atoms with Crippen molar-refractivity contribution in [1.82, 2.24) is 0 Å². The molecule has 0 saturated carbocycles. The Kier molecular flexibility index (Phi) is 3.38. The Morgan fingerprint density at radius 3 is 2.65 bits per heavy atom. The molecule has 1 atom stereocenters. The second-order valence-electron chi connectivity index (χ2n) is 3.65. The molecule has 0 aliphatic carbocycles. The fraction of sp³-hybridized carbons (Fsp3) is 0.333. The van der Waals surface area contributed by atoms with Crippen LogP contribution in [0.5, 0.6) is 0 Å². The number of rotatable bonds is 3. The van der Waals surface area contributed by atoms with Gasteiger partial charge in [-0.1, -0.05) is 30.0 Å². The number of carbonyl (C=O) groups is 2. The van der Waals surface area contributed by atoms with E-state index in [0.29, 0.717) is 6.42 Å². The maximum absolute atomic E-state index is 11.7. The predicted octanol–water partition coefficient (Wildman–Crippen LogP) is 1.99. The number of carbonyl (C=O) groups excluding carboxylic acids is 2. The lowest BCUT2D eigenvalue weighted by Crippen LogP contribution is -2.35. The van der Waals surface area contributed by atoms with Crippen LogP contribution in [0, 0.1) is 0 Å². The van der Waals surface area contributed by atoms with Crippen LogP contribution in [0.2, 0.25) is 0 Å². The SMILES string of the molecule is CC(=O)OC1(Sc2ccccc2)CCOC1=O. The number of thioether (sulfide) groups is 1. The molecule has 1 fully saturated rings. The van der Waals surface area contributed by atoms with E-state index in [2.05, 4.69) is 0 Å². The smallest absolute Gasteiger partial charge is 0.362 e. The van der Waals surface area contributed by atoms with Crippen LogP contribution in [0.1, 0.15) is 13.3 Å². The number of hydrogen-bond donors (Lipinski definition) is 0. The lowest BCUT2D eigenvalue weighted by atomic mass is 10.3. The van der Waals surface area contributed by atoms with E-state index >= 15 is 0 Å². The largest absolute Gasteiger partial charge is 0.462 e. The Morgan fingerprint density at radius 2 is 2.12 bits per heavy atom. The van der Waals surface area contributed by atoms with Crippen LogP contribution in [0.3, 0.4) is 0 Å². The zero-order valence-electron chi connectivity index (χ0n) is 9.34. The molecule has 0 N–H and O–H groups in total. The van der Waals surface area contributed by atoms with Crippen molar-refractivity contribution >= 4 is 23.7 Å². The minimum Gasteiger partial charge on any atom is -0.462 e. The van der Waals surface area contributed by atoms with E-state index in [0.717, 1.165) is 4.90 Å². The first-order chi connectivity index (χ1) is 8.12. The normalized spacial score (nSPS) is 23.2. The fourth-order valence-corrected chi connectivity index (χ4v) is 2.77. The topological polar surface area (TPSA) is 52.6 Å². The third-order valence-corrected chi connectivity index (χ3v) is 3.60. The van der Waals surface area contributed by atoms with Crippen molar-refractivity contribution in [2.45, 2.75) is 23.2 Å². The molecule has 0 amide bonds. The van der Waals surface area contributed by atoms with Gasteiger partial charge in [-0.05, 0) is 12.1 Å². The van der Waals surface area contributed by atoms with Gasteiger partial charge in [0.05, 0.1) is 6.61 Å². The van der Waals surface area contributed by atoms with Crippen LogP contribution in [0.15, 0.2) is 35.2 Å². The molecular formula is C12H12O4S. The second-order valence-corrected chi connectivity index (χ2v) is 4.98. The van der Waals surface area contributed by atoms with Crippen molar-refractivity contribution in [1.29, 1.82) is 0 Å². The standard InChI is InChI=1S/C12H12O4S/c1-9(13)16-12(7-8-15-11(12)14)17-10-5-3-2-4-6-10/h2-6H,7-8H2,1H3. The summed E-state index contributed by atoms with van der Waals surface area (Å²) in [5.41, 5.74) is 0. The molecule has 0 bridgehead atoms. The summed E-state index contributed by atoms with van der Waals surface area (Å²) >= 11 is 1.22. The maximum atomic E-state index is 11.7. The third-order valence-electron chi connectivity index (χ3n) is 2.31. The van der Waals surface area contributed by atoms with Crippen LogP contribution >= 0.6 is 11.8 Å². The van der Waals surface area contributed by atoms with Crippen LogP contribution in [-0.2, 0) is 19.1 Å². The highest BCUT2D eigenvalue weighted by Crippen LogP contribution is 2.41. The zero-order valence-corrected chi connectivity index (χ0v) is 10.2. The predicted molar refractivity (Wildman–Crippen MR) is 62.4 cm³/mol. The van der Waals surface area contributed by atoms with Crippen molar-refractivity contribution in [3.63, 3.8) is 0 Å². The van der Waals surface area contributed by atoms with Gasteiger partial charge in [-0.25, -0.2) is 4.79 Å². The fourth-order valence-electron chi connectivity index (χ4n) is 1.61. The first-order valence-corrected chi connectivity index (χ1v) is 6.05. The molecule has 1 aliphatic heterocycles. The van der Waals surface area contributed by atoms with Gasteiger partial charge < -0.3 is 9.47 Å². The summed E-state index contributed by atoms with van der Waals surface area (Å²) in [5, 5.41) is 0. The summed E-state index contributed by atoms with van der Waals surface area (Å²) in [5.74, 6) is -0.964. The van der Waals surface area contributed by atoms with Crippen LogP contribution < -0.4 is 0 Å². The summed E-state index contributed by atoms with van der Waals surface area (Å²) in [6.07, 6.45) is 0.380. The van der Waals surface area contributed by atoms with E-state index in [1.807, 2.05) is 30.3 Å². The highest BCUT2D eigenvalue weighted by Gasteiger charge is 2.49. The Morgan fingerprint density at radius 1 is 1.41 bits per heavy atom. The zero-order chi connectivity index (χ0) is 12.3. The molecule has 1 heterocycles. The summed E-state index contributed by atoms with van der Waals surface area (Å²) in [7, 11) is 0. The molecule has 0 aromatic heterocycles. The van der Waals surface area contributed by atoms with Crippen molar-refractivity contribution in [2.24, 2.45) is 0 Å². The van der Waals surface area contributed by atoms with Crippen molar-refractivity contribution in [2.75, 3.05) is 6.61 Å². The van der Waals surface area contributed by atoms with E-state index in [4.69, 9.17) is 9.47 Å². The minimum atomic E-state index is -1.22. The van der Waals surface area contributed by atoms with Gasteiger partial charge in [-0.3, -0.25) is 4.79 Å². The molecule has 5 heteroatoms. The number of cyclic esters (lactones) is 1. The molecule has 1 unspecified atom stereocenters. The van der Waals surface area contributed by atoms with Crippen LogP contribution in [-0.4, -0.2) is 23.5 Å². The molecule has 17 heavy (non-hydrogen) atoms. The molecule has 4 nitrogen and oxygen atoms in total. The summed E-state index contributed by atoms with van der Waals surface area (Å²) < 4.78 is 10.1. The van der Waals surface area contributed by atoms with Gasteiger partial charge in [-0.2, -0.15) is 0 Å². The lowest BCUT2D eigenvalue weighted by molar-refractivity contribution is -0.161. The van der Waals surface area contributed by atoms with Gasteiger partial charge in [0.2, 0.25) is 0 Å². The Balaban J connectivity index is 2.22. The van der Waals surface area contributed by atoms with Gasteiger partial charge in [0.25, 0.3) is 4.93 Å². The van der Waals surface area contributed by atoms with Crippen LogP contribution in [0.4, 0.5) is 0 Å². The lowest BCUT2D eigenvalue weighted by Gasteiger charge is -2.23. The molecule has 90 valence electrons. The second kappa shape index (κ2) is 4.79. The van der Waals surface area contributed by atoms with Gasteiger partial charge in [-0.15, -0.1) is 0 Å². The molecule has 1 aliphatic rings. The quantitative estimate of drug-likeness (QED) is 0.608. The highest BCUT2D eigenvalue weighted by atomic mass is 32.2.